The first kappa shape index (κ1) is 37.0. The van der Waals surface area contributed by atoms with Crippen LogP contribution in [0.5, 0.6) is 11.8 Å². The number of carboxylic acids is 1. The number of pyridine rings is 2. The molecule has 5 aromatic rings. The van der Waals surface area contributed by atoms with E-state index in [9.17, 15) is 25.1 Å². The minimum absolute atomic E-state index is 0.194. The number of hydrogen-bond donors (Lipinski definition) is 2. The molecule has 1 aliphatic carbocycles. The number of hydrogen-bond acceptors (Lipinski definition) is 10. The number of carboxylic acid groups (broad SMARTS) is 1. The van der Waals surface area contributed by atoms with Gasteiger partial charge in [0.15, 0.2) is 5.58 Å². The fourth-order valence-electron chi connectivity index (χ4n) is 8.16. The highest BCUT2D eigenvalue weighted by Gasteiger charge is 2.31. The molecule has 55 heavy (non-hydrogen) atoms. The van der Waals surface area contributed by atoms with Crippen LogP contribution in [0.2, 0.25) is 10.0 Å². The van der Waals surface area contributed by atoms with Gasteiger partial charge in [0.05, 0.1) is 29.5 Å². The molecule has 0 spiro atoms. The molecule has 8 rings (SSSR count). The number of aromatic nitrogens is 2. The van der Waals surface area contributed by atoms with Gasteiger partial charge in [-0.15, -0.1) is 0 Å². The maximum absolute atomic E-state index is 13.6. The molecule has 14 heteroatoms. The first-order valence-corrected chi connectivity index (χ1v) is 19.1. The highest BCUT2D eigenvalue weighted by atomic mass is 35.5. The van der Waals surface area contributed by atoms with Crippen molar-refractivity contribution in [3.63, 3.8) is 0 Å². The number of methoxy groups -OCH3 is 1. The van der Waals surface area contributed by atoms with Gasteiger partial charge in [-0.3, -0.25) is 14.5 Å². The van der Waals surface area contributed by atoms with Crippen LogP contribution in [0.3, 0.4) is 0 Å². The minimum atomic E-state index is -0.811. The summed E-state index contributed by atoms with van der Waals surface area (Å²) in [6.07, 6.45) is 3.58. The van der Waals surface area contributed by atoms with Crippen molar-refractivity contribution in [1.29, 1.82) is 5.26 Å². The number of aliphatic hydroxyl groups excluding tert-OH is 1. The van der Waals surface area contributed by atoms with E-state index >= 15 is 0 Å². The van der Waals surface area contributed by atoms with E-state index in [1.54, 1.807) is 13.2 Å². The van der Waals surface area contributed by atoms with Crippen molar-refractivity contribution in [2.24, 2.45) is 5.92 Å². The summed E-state index contributed by atoms with van der Waals surface area (Å²) in [4.78, 5) is 33.8. The van der Waals surface area contributed by atoms with Crippen LogP contribution in [0.4, 0.5) is 0 Å². The number of nitriles is 1. The van der Waals surface area contributed by atoms with Gasteiger partial charge in [-0.05, 0) is 67.1 Å². The summed E-state index contributed by atoms with van der Waals surface area (Å²) in [5.74, 6) is -0.139. The summed E-state index contributed by atoms with van der Waals surface area (Å²) in [7, 11) is 1.57. The van der Waals surface area contributed by atoms with E-state index in [2.05, 4.69) is 16.0 Å². The molecule has 2 N–H and O–H groups in total. The van der Waals surface area contributed by atoms with Crippen molar-refractivity contribution >= 4 is 40.1 Å². The third-order valence-electron chi connectivity index (χ3n) is 11.0. The van der Waals surface area contributed by atoms with Gasteiger partial charge < -0.3 is 33.6 Å². The quantitative estimate of drug-likeness (QED) is 0.150. The highest BCUT2D eigenvalue weighted by molar-refractivity contribution is 6.36. The molecular formula is C41H39Cl2N5O7. The zero-order valence-electron chi connectivity index (χ0n) is 30.1. The fraction of sp³-hybridized carbons (Fsp3) is 0.366. The molecule has 0 saturated carbocycles. The van der Waals surface area contributed by atoms with Gasteiger partial charge in [0.2, 0.25) is 11.8 Å². The minimum Gasteiger partial charge on any atom is -0.481 e. The van der Waals surface area contributed by atoms with Gasteiger partial charge in [0.1, 0.15) is 28.5 Å². The maximum atomic E-state index is 13.6. The first-order chi connectivity index (χ1) is 26.6. The summed E-state index contributed by atoms with van der Waals surface area (Å²) < 4.78 is 19.8. The predicted molar refractivity (Wildman–Crippen MR) is 207 cm³/mol. The van der Waals surface area contributed by atoms with Gasteiger partial charge in [-0.25, -0.2) is 0 Å². The smallest absolute Gasteiger partial charge is 0.307 e. The van der Waals surface area contributed by atoms with E-state index in [0.29, 0.717) is 79.4 Å². The van der Waals surface area contributed by atoms with Crippen LogP contribution in [-0.4, -0.2) is 81.5 Å². The molecular weight excluding hydrogens is 745 g/mol. The topological polar surface area (TPSA) is 154 Å². The van der Waals surface area contributed by atoms with E-state index in [1.165, 1.54) is 10.8 Å². The van der Waals surface area contributed by atoms with Crippen molar-refractivity contribution in [2.75, 3.05) is 39.8 Å². The molecule has 0 amide bonds. The Morgan fingerprint density at radius 1 is 1.02 bits per heavy atom. The van der Waals surface area contributed by atoms with Crippen LogP contribution in [0, 0.1) is 17.2 Å². The molecule has 12 nitrogen and oxygen atoms in total. The molecule has 3 atom stereocenters. The number of β-amino-alcohol motifs (C(OH)–C–C–N with tert-alkyl or cyclic N) is 1. The number of aliphatic carboxylic acids is 1. The zero-order valence-corrected chi connectivity index (χ0v) is 31.6. The number of aliphatic hydroxyl groups is 1. The normalized spacial score (nSPS) is 19.9. The predicted octanol–water partition coefficient (Wildman–Crippen LogP) is 6.55. The van der Waals surface area contributed by atoms with E-state index in [1.807, 2.05) is 47.4 Å². The van der Waals surface area contributed by atoms with E-state index < -0.39 is 11.9 Å². The highest BCUT2D eigenvalue weighted by Crippen LogP contribution is 2.45. The summed E-state index contributed by atoms with van der Waals surface area (Å²) in [6.45, 7) is 3.81. The van der Waals surface area contributed by atoms with Crippen LogP contribution in [0.15, 0.2) is 63.9 Å². The molecule has 0 unspecified atom stereocenters. The Labute approximate surface area is 327 Å². The molecule has 3 aromatic heterocycles. The fourth-order valence-corrected chi connectivity index (χ4v) is 8.70. The number of nitrogens with zero attached hydrogens (tertiary/aromatic N) is 5. The number of ether oxygens (including phenoxy) is 2. The van der Waals surface area contributed by atoms with Crippen LogP contribution < -0.4 is 15.0 Å². The second-order valence-corrected chi connectivity index (χ2v) is 15.2. The Morgan fingerprint density at radius 3 is 2.55 bits per heavy atom. The Balaban J connectivity index is 1.05. The number of furan rings is 1. The lowest BCUT2D eigenvalue weighted by atomic mass is 9.95. The van der Waals surface area contributed by atoms with Crippen molar-refractivity contribution in [1.82, 2.24) is 19.4 Å². The van der Waals surface area contributed by atoms with E-state index in [-0.39, 0.29) is 40.2 Å². The van der Waals surface area contributed by atoms with E-state index in [0.717, 1.165) is 47.2 Å². The zero-order chi connectivity index (χ0) is 38.4. The number of halogens is 2. The van der Waals surface area contributed by atoms with Crippen LogP contribution in [-0.2, 0) is 24.3 Å². The lowest BCUT2D eigenvalue weighted by Crippen LogP contribution is -2.30. The number of carbonyl (C=O) groups is 1. The first-order valence-electron chi connectivity index (χ1n) is 18.4. The Bertz CT molecular complexity index is 2410. The maximum Gasteiger partial charge on any atom is 0.307 e. The number of rotatable bonds is 11. The number of benzene rings is 2. The average molecular weight is 785 g/mol. The van der Waals surface area contributed by atoms with Crippen molar-refractivity contribution in [3.05, 3.63) is 97.4 Å². The molecule has 3 aliphatic rings. The van der Waals surface area contributed by atoms with Crippen LogP contribution in [0.25, 0.3) is 33.4 Å². The standard InChI is InChI=1S/C41H39Cl2N5O7/c1-53-38-24(20-47-13-11-26(49)22-47)16-33(42)39(45-38)55-34-9-8-28-27(4-2-5-29(28)34)30-6-3-7-31(36(30)43)35-17-32-37(54-35)25(18-44)21-48(40(32)50)15-14-46-12-10-23(19-46)41(51)52/h2-7,16-17,21,23,26,34,49H,8-15,19-20,22H2,1H3,(H,51,52)/t23-,26-,34+/m1/s1. The second-order valence-electron chi connectivity index (χ2n) is 14.4. The lowest BCUT2D eigenvalue weighted by Gasteiger charge is -2.20. The van der Waals surface area contributed by atoms with Gasteiger partial charge in [-0.2, -0.15) is 10.2 Å². The molecule has 2 saturated heterocycles. The summed E-state index contributed by atoms with van der Waals surface area (Å²) in [6, 6.07) is 17.3. The Kier molecular flexibility index (Phi) is 10.3. The van der Waals surface area contributed by atoms with Crippen molar-refractivity contribution in [2.45, 2.75) is 51.0 Å². The summed E-state index contributed by atoms with van der Waals surface area (Å²) in [5.41, 5.74) is 5.34. The molecule has 2 aliphatic heterocycles. The van der Waals surface area contributed by atoms with Gasteiger partial charge in [-0.1, -0.05) is 53.5 Å². The molecule has 284 valence electrons. The third kappa shape index (κ3) is 7.19. The number of fused-ring (bicyclic) bond motifs is 2. The summed E-state index contributed by atoms with van der Waals surface area (Å²) >= 11 is 13.9. The molecule has 0 radical (unpaired) electrons. The summed E-state index contributed by atoms with van der Waals surface area (Å²) in [5, 5.41) is 30.4. The SMILES string of the molecule is COc1nc(O[C@H]2CCc3c(-c4cccc(-c5cc6c(=O)n(CCN7CC[C@@H](C(=O)O)C7)cc(C#N)c6o5)c4Cl)cccc32)c(Cl)cc1CN1CC[C@@H](O)C1. The Morgan fingerprint density at radius 2 is 1.80 bits per heavy atom. The second kappa shape index (κ2) is 15.3. The van der Waals surface area contributed by atoms with Crippen LogP contribution >= 0.6 is 23.2 Å². The molecule has 5 heterocycles. The van der Waals surface area contributed by atoms with Gasteiger partial charge in [0, 0.05) is 62.2 Å². The molecule has 0 bridgehead atoms. The Hall–Kier alpha value is -4.90. The molecule has 2 aromatic carbocycles. The number of likely N-dealkylation sites (tertiary alicyclic amines) is 2. The van der Waals surface area contributed by atoms with Crippen LogP contribution in [0.1, 0.15) is 47.6 Å². The lowest BCUT2D eigenvalue weighted by molar-refractivity contribution is -0.141. The van der Waals surface area contributed by atoms with Crippen molar-refractivity contribution < 1.29 is 28.9 Å². The van der Waals surface area contributed by atoms with Crippen molar-refractivity contribution in [3.8, 4) is 40.3 Å². The van der Waals surface area contributed by atoms with E-state index in [4.69, 9.17) is 37.1 Å². The largest absolute Gasteiger partial charge is 0.481 e. The van der Waals surface area contributed by atoms with Gasteiger partial charge >= 0.3 is 5.97 Å². The molecule has 2 fully saturated rings. The third-order valence-corrected chi connectivity index (χ3v) is 11.7. The average Bonchev–Trinajstić information content (AvgIpc) is 4.00. The monoisotopic (exact) mass is 783 g/mol. The van der Waals surface area contributed by atoms with Gasteiger partial charge in [0.25, 0.3) is 5.56 Å².